The van der Waals surface area contributed by atoms with E-state index in [4.69, 9.17) is 0 Å². The van der Waals surface area contributed by atoms with Crippen molar-refractivity contribution in [3.8, 4) is 0 Å². The Hall–Kier alpha value is -0.560. The Morgan fingerprint density at radius 3 is 2.08 bits per heavy atom. The number of rotatable bonds is 8. The van der Waals surface area contributed by atoms with Crippen LogP contribution in [-0.2, 0) is 0 Å². The number of nitrogens with zero attached hydrogens (tertiary/aromatic N) is 1. The summed E-state index contributed by atoms with van der Waals surface area (Å²) in [5.74, 6) is 0. The highest BCUT2D eigenvalue weighted by atomic mass is 15.1. The predicted molar refractivity (Wildman–Crippen MR) is 61.0 cm³/mol. The maximum absolute atomic E-state index is 3.92. The third kappa shape index (κ3) is 6.59. The summed E-state index contributed by atoms with van der Waals surface area (Å²) in [6.07, 6.45) is 5.39. The van der Waals surface area contributed by atoms with Gasteiger partial charge in [-0.1, -0.05) is 38.7 Å². The predicted octanol–water partition coefficient (Wildman–Crippen LogP) is 3.24. The van der Waals surface area contributed by atoms with Gasteiger partial charge in [-0.15, -0.1) is 0 Å². The molecule has 0 aromatic heterocycles. The van der Waals surface area contributed by atoms with Gasteiger partial charge in [0.2, 0.25) is 0 Å². The largest absolute Gasteiger partial charge is 0.303 e. The van der Waals surface area contributed by atoms with Gasteiger partial charge in [0.05, 0.1) is 0 Å². The lowest BCUT2D eigenvalue weighted by Gasteiger charge is -2.20. The van der Waals surface area contributed by atoms with Crippen molar-refractivity contribution in [3.05, 3.63) is 24.8 Å². The van der Waals surface area contributed by atoms with Gasteiger partial charge in [-0.05, 0) is 32.4 Å². The smallest absolute Gasteiger partial charge is 0.00216 e. The van der Waals surface area contributed by atoms with Crippen LogP contribution in [0.5, 0.6) is 0 Å². The molecular weight excluding hydrogens is 158 g/mol. The van der Waals surface area contributed by atoms with Gasteiger partial charge in [-0.3, -0.25) is 0 Å². The topological polar surface area (TPSA) is 3.24 Å². The second-order valence-electron chi connectivity index (χ2n) is 3.45. The molecule has 0 aromatic rings. The van der Waals surface area contributed by atoms with Crippen LogP contribution in [0, 0.1) is 0 Å². The van der Waals surface area contributed by atoms with Gasteiger partial charge in [0, 0.05) is 6.54 Å². The van der Waals surface area contributed by atoms with Gasteiger partial charge in [0.15, 0.2) is 0 Å². The van der Waals surface area contributed by atoms with E-state index in [0.29, 0.717) is 0 Å². The fourth-order valence-corrected chi connectivity index (χ4v) is 1.37. The summed E-state index contributed by atoms with van der Waals surface area (Å²) in [4.78, 5) is 2.49. The van der Waals surface area contributed by atoms with Crippen LogP contribution in [0.4, 0.5) is 0 Å². The Bertz CT molecular complexity index is 143. The molecule has 0 spiro atoms. The van der Waals surface area contributed by atoms with E-state index >= 15 is 0 Å². The molecule has 0 rings (SSSR count). The van der Waals surface area contributed by atoms with E-state index in [1.807, 2.05) is 6.08 Å². The lowest BCUT2D eigenvalue weighted by molar-refractivity contribution is 0.278. The van der Waals surface area contributed by atoms with Crippen LogP contribution in [0.25, 0.3) is 0 Å². The monoisotopic (exact) mass is 181 g/mol. The van der Waals surface area contributed by atoms with Gasteiger partial charge in [0.25, 0.3) is 0 Å². The first-order valence-corrected chi connectivity index (χ1v) is 5.27. The fraction of sp³-hybridized carbons (Fsp3) is 0.667. The van der Waals surface area contributed by atoms with Crippen molar-refractivity contribution in [1.29, 1.82) is 0 Å². The van der Waals surface area contributed by atoms with Gasteiger partial charge >= 0.3 is 0 Å². The first-order valence-electron chi connectivity index (χ1n) is 5.27. The Kier molecular flexibility index (Phi) is 7.71. The van der Waals surface area contributed by atoms with Crippen LogP contribution < -0.4 is 0 Å². The molecule has 0 aliphatic carbocycles. The zero-order valence-electron chi connectivity index (χ0n) is 9.18. The molecule has 0 bridgehead atoms. The van der Waals surface area contributed by atoms with Crippen molar-refractivity contribution >= 4 is 0 Å². The zero-order chi connectivity index (χ0) is 10.1. The summed E-state index contributed by atoms with van der Waals surface area (Å²) in [7, 11) is 0. The summed E-state index contributed by atoms with van der Waals surface area (Å²) in [6.45, 7) is 15.6. The molecule has 13 heavy (non-hydrogen) atoms. The summed E-state index contributed by atoms with van der Waals surface area (Å²) in [5, 5.41) is 0. The van der Waals surface area contributed by atoms with E-state index in [1.165, 1.54) is 25.9 Å². The molecule has 0 radical (unpaired) electrons. The van der Waals surface area contributed by atoms with Crippen molar-refractivity contribution < 1.29 is 0 Å². The lowest BCUT2D eigenvalue weighted by Crippen LogP contribution is -2.26. The van der Waals surface area contributed by atoms with E-state index in [-0.39, 0.29) is 0 Å². The zero-order valence-corrected chi connectivity index (χ0v) is 9.18. The third-order valence-corrected chi connectivity index (χ3v) is 2.12. The van der Waals surface area contributed by atoms with Gasteiger partial charge in [0.1, 0.15) is 0 Å². The molecule has 0 saturated heterocycles. The molecule has 0 fully saturated rings. The summed E-state index contributed by atoms with van der Waals surface area (Å²) in [5.41, 5.74) is 1.15. The standard InChI is InChI=1S/C12H23N/c1-5-9-13(10-6-2)11-8-12(4)7-3/h7H,3-6,8-11H2,1-2H3. The van der Waals surface area contributed by atoms with E-state index in [2.05, 4.69) is 31.9 Å². The Morgan fingerprint density at radius 2 is 1.69 bits per heavy atom. The molecule has 0 N–H and O–H groups in total. The molecule has 1 heteroatoms. The van der Waals surface area contributed by atoms with Crippen molar-refractivity contribution in [2.45, 2.75) is 33.1 Å². The molecule has 0 saturated carbocycles. The minimum absolute atomic E-state index is 1.06. The molecule has 0 aromatic carbocycles. The highest BCUT2D eigenvalue weighted by molar-refractivity contribution is 5.10. The molecule has 76 valence electrons. The SMILES string of the molecule is C=CC(=C)CCN(CCC)CCC. The van der Waals surface area contributed by atoms with Crippen molar-refractivity contribution in [3.63, 3.8) is 0 Å². The third-order valence-electron chi connectivity index (χ3n) is 2.12. The van der Waals surface area contributed by atoms with E-state index < -0.39 is 0 Å². The second-order valence-corrected chi connectivity index (χ2v) is 3.45. The molecule has 0 heterocycles. The average Bonchev–Trinajstić information content (AvgIpc) is 2.14. The molecular formula is C12H23N. The molecule has 0 amide bonds. The van der Waals surface area contributed by atoms with Crippen molar-refractivity contribution in [2.24, 2.45) is 0 Å². The lowest BCUT2D eigenvalue weighted by atomic mass is 10.2. The first kappa shape index (κ1) is 12.4. The Labute approximate surface area is 83.1 Å². The number of allylic oxidation sites excluding steroid dienone is 1. The van der Waals surface area contributed by atoms with Crippen LogP contribution in [0.15, 0.2) is 24.8 Å². The highest BCUT2D eigenvalue weighted by Crippen LogP contribution is 2.02. The maximum Gasteiger partial charge on any atom is 0.00216 e. The normalized spacial score (nSPS) is 10.4. The molecule has 0 atom stereocenters. The second kappa shape index (κ2) is 8.06. The summed E-state index contributed by atoms with van der Waals surface area (Å²) in [6, 6.07) is 0. The minimum atomic E-state index is 1.06. The summed E-state index contributed by atoms with van der Waals surface area (Å²) >= 11 is 0. The van der Waals surface area contributed by atoms with Crippen LogP contribution in [0.2, 0.25) is 0 Å². The summed E-state index contributed by atoms with van der Waals surface area (Å²) < 4.78 is 0. The maximum atomic E-state index is 3.92. The van der Waals surface area contributed by atoms with E-state index in [0.717, 1.165) is 18.5 Å². The van der Waals surface area contributed by atoms with Crippen LogP contribution in [-0.4, -0.2) is 24.5 Å². The number of hydrogen-bond acceptors (Lipinski definition) is 1. The molecule has 0 aliphatic rings. The van der Waals surface area contributed by atoms with Gasteiger partial charge in [-0.25, -0.2) is 0 Å². The highest BCUT2D eigenvalue weighted by Gasteiger charge is 2.01. The quantitative estimate of drug-likeness (QED) is 0.520. The average molecular weight is 181 g/mol. The van der Waals surface area contributed by atoms with Crippen LogP contribution >= 0.6 is 0 Å². The van der Waals surface area contributed by atoms with E-state index in [1.54, 1.807) is 0 Å². The fourth-order valence-electron chi connectivity index (χ4n) is 1.37. The molecule has 0 aliphatic heterocycles. The van der Waals surface area contributed by atoms with Gasteiger partial charge < -0.3 is 4.90 Å². The molecule has 0 unspecified atom stereocenters. The van der Waals surface area contributed by atoms with Gasteiger partial charge in [-0.2, -0.15) is 0 Å². The van der Waals surface area contributed by atoms with Crippen molar-refractivity contribution in [1.82, 2.24) is 4.90 Å². The Morgan fingerprint density at radius 1 is 1.15 bits per heavy atom. The Balaban J connectivity index is 3.67. The molecule has 1 nitrogen and oxygen atoms in total. The van der Waals surface area contributed by atoms with Crippen LogP contribution in [0.3, 0.4) is 0 Å². The van der Waals surface area contributed by atoms with E-state index in [9.17, 15) is 0 Å². The number of hydrogen-bond donors (Lipinski definition) is 0. The first-order chi connectivity index (χ1) is 6.24. The van der Waals surface area contributed by atoms with Crippen LogP contribution in [0.1, 0.15) is 33.1 Å². The minimum Gasteiger partial charge on any atom is -0.303 e. The van der Waals surface area contributed by atoms with Crippen molar-refractivity contribution in [2.75, 3.05) is 19.6 Å².